The van der Waals surface area contributed by atoms with E-state index in [1.54, 1.807) is 18.3 Å². The molecule has 2 aromatic carbocycles. The molecule has 1 heterocycles. The van der Waals surface area contributed by atoms with Gasteiger partial charge < -0.3 is 5.32 Å². The molecule has 7 heteroatoms. The van der Waals surface area contributed by atoms with Crippen molar-refractivity contribution in [3.63, 3.8) is 0 Å². The number of H-pyrrole nitrogens is 1. The second-order valence-electron chi connectivity index (χ2n) is 7.36. The molecule has 138 valence electrons. The van der Waals surface area contributed by atoms with Crippen molar-refractivity contribution in [3.05, 3.63) is 59.8 Å². The van der Waals surface area contributed by atoms with E-state index in [1.165, 1.54) is 0 Å². The highest BCUT2D eigenvalue weighted by Gasteiger charge is 2.23. The molecule has 0 saturated heterocycles. The van der Waals surface area contributed by atoms with Crippen LogP contribution in [0.1, 0.15) is 31.9 Å². The van der Waals surface area contributed by atoms with Crippen LogP contribution >= 0.6 is 0 Å². The van der Waals surface area contributed by atoms with Gasteiger partial charge in [0, 0.05) is 24.0 Å². The lowest BCUT2D eigenvalue weighted by Gasteiger charge is -2.21. The Morgan fingerprint density at radius 3 is 2.62 bits per heavy atom. The van der Waals surface area contributed by atoms with Crippen molar-refractivity contribution >= 4 is 20.9 Å². The molecule has 0 bridgehead atoms. The van der Waals surface area contributed by atoms with Crippen LogP contribution in [-0.2, 0) is 23.1 Å². The van der Waals surface area contributed by atoms with E-state index in [-0.39, 0.29) is 0 Å². The smallest absolute Gasteiger partial charge is 0.241 e. The Bertz CT molecular complexity index is 1000. The molecule has 1 aromatic heterocycles. The lowest BCUT2D eigenvalue weighted by molar-refractivity contribution is 0.490. The topological polar surface area (TPSA) is 86.9 Å². The summed E-state index contributed by atoms with van der Waals surface area (Å²) in [6, 6.07) is 13.2. The fraction of sp³-hybridized carbons (Fsp3) is 0.316. The highest BCUT2D eigenvalue weighted by atomic mass is 32.2. The van der Waals surface area contributed by atoms with Gasteiger partial charge in [0.05, 0.1) is 16.6 Å². The lowest BCUT2D eigenvalue weighted by Crippen LogP contribution is -2.40. The van der Waals surface area contributed by atoms with Crippen LogP contribution in [0.2, 0.25) is 0 Å². The van der Waals surface area contributed by atoms with Crippen molar-refractivity contribution in [2.75, 3.05) is 0 Å². The van der Waals surface area contributed by atoms with Gasteiger partial charge in [-0.25, -0.2) is 13.1 Å². The molecule has 6 nitrogen and oxygen atoms in total. The summed E-state index contributed by atoms with van der Waals surface area (Å²) in [5.41, 5.74) is 2.31. The maximum absolute atomic E-state index is 12.7. The molecular formula is C19H24N4O2S. The van der Waals surface area contributed by atoms with Gasteiger partial charge in [0.15, 0.2) is 0 Å². The molecule has 0 aliphatic carbocycles. The maximum Gasteiger partial charge on any atom is 0.241 e. The molecule has 0 atom stereocenters. The van der Waals surface area contributed by atoms with Gasteiger partial charge in [0.2, 0.25) is 10.0 Å². The van der Waals surface area contributed by atoms with Crippen LogP contribution in [0.3, 0.4) is 0 Å². The fourth-order valence-corrected chi connectivity index (χ4v) is 4.47. The van der Waals surface area contributed by atoms with E-state index in [9.17, 15) is 8.42 Å². The number of rotatable bonds is 6. The minimum absolute atomic E-state index is 0.312. The number of aromatic amines is 1. The van der Waals surface area contributed by atoms with Crippen molar-refractivity contribution in [1.82, 2.24) is 20.2 Å². The number of nitrogens with one attached hydrogen (secondary N) is 3. The molecule has 0 spiro atoms. The predicted octanol–water partition coefficient (Wildman–Crippen LogP) is 2.93. The molecule has 3 N–H and O–H groups in total. The van der Waals surface area contributed by atoms with Crippen LogP contribution in [-0.4, -0.2) is 24.2 Å². The van der Waals surface area contributed by atoms with Gasteiger partial charge in [-0.1, -0.05) is 30.3 Å². The summed E-state index contributed by atoms with van der Waals surface area (Å²) in [5.74, 6) is 0. The van der Waals surface area contributed by atoms with E-state index < -0.39 is 15.6 Å². The minimum atomic E-state index is -3.57. The van der Waals surface area contributed by atoms with Gasteiger partial charge in [-0.05, 0) is 44.0 Å². The average Bonchev–Trinajstić information content (AvgIpc) is 3.01. The van der Waals surface area contributed by atoms with Gasteiger partial charge >= 0.3 is 0 Å². The van der Waals surface area contributed by atoms with E-state index in [1.807, 2.05) is 51.1 Å². The van der Waals surface area contributed by atoms with E-state index in [2.05, 4.69) is 20.2 Å². The van der Waals surface area contributed by atoms with Crippen molar-refractivity contribution < 1.29 is 8.42 Å². The highest BCUT2D eigenvalue weighted by molar-refractivity contribution is 7.89. The highest BCUT2D eigenvalue weighted by Crippen LogP contribution is 2.18. The van der Waals surface area contributed by atoms with Gasteiger partial charge in [0.1, 0.15) is 0 Å². The Morgan fingerprint density at radius 1 is 1.08 bits per heavy atom. The van der Waals surface area contributed by atoms with Gasteiger partial charge in [-0.2, -0.15) is 5.10 Å². The quantitative estimate of drug-likeness (QED) is 0.621. The average molecular weight is 372 g/mol. The summed E-state index contributed by atoms with van der Waals surface area (Å²) < 4.78 is 28.0. The number of hydrogen-bond donors (Lipinski definition) is 3. The number of sulfonamides is 1. The zero-order valence-corrected chi connectivity index (χ0v) is 16.0. The molecule has 0 saturated carbocycles. The molecule has 0 aliphatic heterocycles. The molecule has 0 amide bonds. The van der Waals surface area contributed by atoms with Gasteiger partial charge in [0.25, 0.3) is 0 Å². The zero-order valence-electron chi connectivity index (χ0n) is 15.2. The molecular weight excluding hydrogens is 348 g/mol. The van der Waals surface area contributed by atoms with E-state index >= 15 is 0 Å². The first-order valence-electron chi connectivity index (χ1n) is 8.49. The summed E-state index contributed by atoms with van der Waals surface area (Å²) in [6.07, 6.45) is 1.79. The van der Waals surface area contributed by atoms with Crippen LogP contribution < -0.4 is 10.0 Å². The SMILES string of the molecule is CC(C)(C)NS(=O)(=O)c1ccccc1CNCc1ccc2cn[nH]c2c1. The standard InChI is InChI=1S/C19H24N4O2S/c1-19(2,3)23-26(24,25)18-7-5-4-6-16(18)12-20-11-14-8-9-15-13-21-22-17(15)10-14/h4-10,13,20,23H,11-12H2,1-3H3,(H,21,22). The van der Waals surface area contributed by atoms with Crippen molar-refractivity contribution in [3.8, 4) is 0 Å². The molecule has 3 rings (SSSR count). The van der Waals surface area contributed by atoms with E-state index in [0.29, 0.717) is 18.0 Å². The van der Waals surface area contributed by atoms with Crippen LogP contribution in [0.4, 0.5) is 0 Å². The van der Waals surface area contributed by atoms with Crippen molar-refractivity contribution in [1.29, 1.82) is 0 Å². The second-order valence-corrected chi connectivity index (χ2v) is 9.01. The van der Waals surface area contributed by atoms with E-state index in [0.717, 1.165) is 22.0 Å². The summed E-state index contributed by atoms with van der Waals surface area (Å²) in [5, 5.41) is 11.4. The Morgan fingerprint density at radius 2 is 1.85 bits per heavy atom. The minimum Gasteiger partial charge on any atom is -0.309 e. The number of aromatic nitrogens is 2. The summed E-state index contributed by atoms with van der Waals surface area (Å²) in [4.78, 5) is 0.312. The summed E-state index contributed by atoms with van der Waals surface area (Å²) >= 11 is 0. The first-order chi connectivity index (χ1) is 12.2. The Kier molecular flexibility index (Phi) is 5.13. The monoisotopic (exact) mass is 372 g/mol. The summed E-state index contributed by atoms with van der Waals surface area (Å²) in [6.45, 7) is 6.59. The number of nitrogens with zero attached hydrogens (tertiary/aromatic N) is 1. The van der Waals surface area contributed by atoms with Gasteiger partial charge in [-0.15, -0.1) is 0 Å². The Balaban J connectivity index is 1.72. The van der Waals surface area contributed by atoms with Crippen LogP contribution in [0.5, 0.6) is 0 Å². The molecule has 0 aliphatic rings. The molecule has 0 fully saturated rings. The predicted molar refractivity (Wildman–Crippen MR) is 103 cm³/mol. The number of benzene rings is 2. The third-order valence-corrected chi connectivity index (χ3v) is 5.71. The number of fused-ring (bicyclic) bond motifs is 1. The molecule has 0 unspecified atom stereocenters. The third-order valence-electron chi connectivity index (χ3n) is 3.85. The third kappa shape index (κ3) is 4.49. The maximum atomic E-state index is 12.7. The number of hydrogen-bond acceptors (Lipinski definition) is 4. The van der Waals surface area contributed by atoms with Crippen LogP contribution in [0, 0.1) is 0 Å². The second kappa shape index (κ2) is 7.19. The Hall–Kier alpha value is -2.22. The molecule has 3 aromatic rings. The fourth-order valence-electron chi connectivity index (χ4n) is 2.81. The van der Waals surface area contributed by atoms with Crippen LogP contribution in [0.25, 0.3) is 10.9 Å². The summed E-state index contributed by atoms with van der Waals surface area (Å²) in [7, 11) is -3.57. The van der Waals surface area contributed by atoms with E-state index in [4.69, 9.17) is 0 Å². The van der Waals surface area contributed by atoms with Crippen LogP contribution in [0.15, 0.2) is 53.6 Å². The molecule has 0 radical (unpaired) electrons. The zero-order chi connectivity index (χ0) is 18.8. The lowest BCUT2D eigenvalue weighted by atomic mass is 10.1. The largest absolute Gasteiger partial charge is 0.309 e. The first-order valence-corrected chi connectivity index (χ1v) is 9.97. The van der Waals surface area contributed by atoms with Crippen molar-refractivity contribution in [2.45, 2.75) is 44.3 Å². The molecule has 26 heavy (non-hydrogen) atoms. The normalized spacial score (nSPS) is 12.6. The Labute approximate surface area is 154 Å². The first kappa shape index (κ1) is 18.6. The van der Waals surface area contributed by atoms with Crippen molar-refractivity contribution in [2.24, 2.45) is 0 Å². The van der Waals surface area contributed by atoms with Gasteiger partial charge in [-0.3, -0.25) is 5.10 Å².